The maximum atomic E-state index is 13.2. The van der Waals surface area contributed by atoms with Crippen LogP contribution in [0.3, 0.4) is 0 Å². The number of alkyl halides is 2. The molecule has 0 N–H and O–H groups in total. The summed E-state index contributed by atoms with van der Waals surface area (Å²) in [6, 6.07) is 0. The molecule has 4 bridgehead atoms. The molecule has 0 spiro atoms. The molecule has 0 amide bonds. The molecule has 3 unspecified atom stereocenters. The normalized spacial score (nSPS) is 44.5. The second-order valence-electron chi connectivity index (χ2n) is 8.06. The van der Waals surface area contributed by atoms with E-state index in [1.807, 2.05) is 0 Å². The highest BCUT2D eigenvalue weighted by atomic mass is 19.3. The van der Waals surface area contributed by atoms with Crippen LogP contribution in [0.5, 0.6) is 0 Å². The smallest absolute Gasteiger partial charge is 0.312 e. The molecule has 4 fully saturated rings. The van der Waals surface area contributed by atoms with E-state index in [-0.39, 0.29) is 11.4 Å². The number of rotatable bonds is 3. The standard InChI is InChI=1S/C16H24F2O2/c1-10(15(3,17)18)20-13(19)16-7-11-4-12(8-16)6-14(2,5-11)9-16/h10-12H,4-9H2,1-3H3. The predicted molar refractivity (Wildman–Crippen MR) is 71.4 cm³/mol. The molecular formula is C16H24F2O2. The van der Waals surface area contributed by atoms with Crippen molar-refractivity contribution >= 4 is 5.97 Å². The zero-order valence-electron chi connectivity index (χ0n) is 12.5. The van der Waals surface area contributed by atoms with Gasteiger partial charge >= 0.3 is 5.97 Å². The Hall–Kier alpha value is -0.670. The molecule has 0 heterocycles. The van der Waals surface area contributed by atoms with Gasteiger partial charge in [-0.05, 0) is 62.7 Å². The van der Waals surface area contributed by atoms with E-state index in [2.05, 4.69) is 6.92 Å². The molecule has 114 valence electrons. The van der Waals surface area contributed by atoms with E-state index in [4.69, 9.17) is 4.74 Å². The fourth-order valence-electron chi connectivity index (χ4n) is 5.35. The molecule has 4 rings (SSSR count). The van der Waals surface area contributed by atoms with E-state index in [1.165, 1.54) is 26.2 Å². The van der Waals surface area contributed by atoms with Gasteiger partial charge in [0.25, 0.3) is 5.92 Å². The van der Waals surface area contributed by atoms with Crippen molar-refractivity contribution in [3.8, 4) is 0 Å². The summed E-state index contributed by atoms with van der Waals surface area (Å²) in [7, 11) is 0. The number of ether oxygens (including phenoxy) is 1. The number of halogens is 2. The molecule has 20 heavy (non-hydrogen) atoms. The maximum Gasteiger partial charge on any atom is 0.312 e. The molecule has 0 aliphatic heterocycles. The molecule has 2 nitrogen and oxygen atoms in total. The van der Waals surface area contributed by atoms with Gasteiger partial charge in [-0.2, -0.15) is 0 Å². The van der Waals surface area contributed by atoms with E-state index in [9.17, 15) is 13.6 Å². The molecule has 4 aliphatic carbocycles. The van der Waals surface area contributed by atoms with Gasteiger partial charge in [-0.15, -0.1) is 0 Å². The van der Waals surface area contributed by atoms with Crippen LogP contribution in [-0.4, -0.2) is 18.0 Å². The molecule has 4 aliphatic rings. The zero-order valence-corrected chi connectivity index (χ0v) is 12.5. The highest BCUT2D eigenvalue weighted by Gasteiger charge is 2.60. The predicted octanol–water partition coefficient (Wildman–Crippen LogP) is 4.18. The lowest BCUT2D eigenvalue weighted by molar-refractivity contribution is -0.197. The Bertz CT molecular complexity index is 413. The van der Waals surface area contributed by atoms with Gasteiger partial charge in [0.15, 0.2) is 6.10 Å². The summed E-state index contributed by atoms with van der Waals surface area (Å²) in [4.78, 5) is 12.5. The van der Waals surface area contributed by atoms with Gasteiger partial charge in [0.1, 0.15) is 0 Å². The van der Waals surface area contributed by atoms with Gasteiger partial charge in [-0.25, -0.2) is 8.78 Å². The third kappa shape index (κ3) is 2.25. The van der Waals surface area contributed by atoms with Crippen LogP contribution in [0, 0.1) is 22.7 Å². The Morgan fingerprint density at radius 1 is 1.25 bits per heavy atom. The monoisotopic (exact) mass is 286 g/mol. The van der Waals surface area contributed by atoms with Crippen molar-refractivity contribution in [2.75, 3.05) is 0 Å². The first-order valence-corrected chi connectivity index (χ1v) is 7.71. The highest BCUT2D eigenvalue weighted by molar-refractivity contribution is 5.78. The van der Waals surface area contributed by atoms with Crippen LogP contribution in [0.25, 0.3) is 0 Å². The minimum absolute atomic E-state index is 0.223. The Morgan fingerprint density at radius 3 is 2.25 bits per heavy atom. The first-order chi connectivity index (χ1) is 9.12. The molecule has 0 aromatic rings. The van der Waals surface area contributed by atoms with E-state index < -0.39 is 17.4 Å². The van der Waals surface area contributed by atoms with E-state index in [1.54, 1.807) is 0 Å². The number of hydrogen-bond acceptors (Lipinski definition) is 2. The SMILES string of the molecule is CC(OC(=O)C12CC3CC(CC(C)(C3)C1)C2)C(C)(F)F. The minimum Gasteiger partial charge on any atom is -0.456 e. The number of carbonyl (C=O) groups excluding carboxylic acids is 1. The Balaban J connectivity index is 1.78. The summed E-state index contributed by atoms with van der Waals surface area (Å²) < 4.78 is 31.6. The summed E-state index contributed by atoms with van der Waals surface area (Å²) in [6.07, 6.45) is 4.78. The molecule has 3 atom stereocenters. The van der Waals surface area contributed by atoms with Crippen molar-refractivity contribution in [3.05, 3.63) is 0 Å². The molecular weight excluding hydrogens is 262 g/mol. The summed E-state index contributed by atoms with van der Waals surface area (Å²) in [5.74, 6) is -2.16. The lowest BCUT2D eigenvalue weighted by Gasteiger charge is -2.60. The maximum absolute atomic E-state index is 13.2. The Kier molecular flexibility index (Phi) is 2.98. The van der Waals surface area contributed by atoms with Crippen LogP contribution in [0.2, 0.25) is 0 Å². The molecule has 4 heteroatoms. The first kappa shape index (κ1) is 14.3. The molecule has 4 saturated carbocycles. The lowest BCUT2D eigenvalue weighted by atomic mass is 9.44. The van der Waals surface area contributed by atoms with Crippen LogP contribution in [0.15, 0.2) is 0 Å². The van der Waals surface area contributed by atoms with Crippen molar-refractivity contribution in [1.82, 2.24) is 0 Å². The van der Waals surface area contributed by atoms with Gasteiger partial charge in [-0.3, -0.25) is 4.79 Å². The van der Waals surface area contributed by atoms with Crippen LogP contribution >= 0.6 is 0 Å². The topological polar surface area (TPSA) is 26.3 Å². The number of hydrogen-bond donors (Lipinski definition) is 0. The van der Waals surface area contributed by atoms with Gasteiger partial charge in [0.05, 0.1) is 5.41 Å². The summed E-state index contributed by atoms with van der Waals surface area (Å²) in [5, 5.41) is 0. The summed E-state index contributed by atoms with van der Waals surface area (Å²) in [6.45, 7) is 4.36. The van der Waals surface area contributed by atoms with Crippen molar-refractivity contribution in [2.24, 2.45) is 22.7 Å². The lowest BCUT2D eigenvalue weighted by Crippen LogP contribution is -2.55. The van der Waals surface area contributed by atoms with Crippen LogP contribution in [0.4, 0.5) is 8.78 Å². The third-order valence-electron chi connectivity index (χ3n) is 5.78. The number of esters is 1. The molecule has 0 saturated heterocycles. The largest absolute Gasteiger partial charge is 0.456 e. The van der Waals surface area contributed by atoms with Crippen LogP contribution in [-0.2, 0) is 9.53 Å². The number of carbonyl (C=O) groups is 1. The fraction of sp³-hybridized carbons (Fsp3) is 0.938. The molecule has 0 aromatic carbocycles. The summed E-state index contributed by atoms with van der Waals surface area (Å²) in [5.41, 5.74) is -0.251. The van der Waals surface area contributed by atoms with Gasteiger partial charge in [0.2, 0.25) is 0 Å². The van der Waals surface area contributed by atoms with Crippen molar-refractivity contribution in [2.45, 2.75) is 71.3 Å². The van der Waals surface area contributed by atoms with Crippen molar-refractivity contribution < 1.29 is 18.3 Å². The van der Waals surface area contributed by atoms with E-state index in [0.717, 1.165) is 26.2 Å². The van der Waals surface area contributed by atoms with E-state index >= 15 is 0 Å². The van der Waals surface area contributed by atoms with Crippen molar-refractivity contribution in [3.63, 3.8) is 0 Å². The average Bonchev–Trinajstić information content (AvgIpc) is 2.23. The average molecular weight is 286 g/mol. The Labute approximate surface area is 119 Å². The molecule has 0 aromatic heterocycles. The summed E-state index contributed by atoms with van der Waals surface area (Å²) >= 11 is 0. The van der Waals surface area contributed by atoms with Gasteiger partial charge < -0.3 is 4.74 Å². The third-order valence-corrected chi connectivity index (χ3v) is 5.78. The zero-order chi connectivity index (χ0) is 14.8. The first-order valence-electron chi connectivity index (χ1n) is 7.71. The quantitative estimate of drug-likeness (QED) is 0.727. The van der Waals surface area contributed by atoms with Crippen LogP contribution in [0.1, 0.15) is 59.3 Å². The van der Waals surface area contributed by atoms with Gasteiger partial charge in [0, 0.05) is 6.92 Å². The second kappa shape index (κ2) is 4.17. The van der Waals surface area contributed by atoms with E-state index in [0.29, 0.717) is 11.8 Å². The van der Waals surface area contributed by atoms with Crippen molar-refractivity contribution in [1.29, 1.82) is 0 Å². The van der Waals surface area contributed by atoms with Gasteiger partial charge in [-0.1, -0.05) is 6.92 Å². The molecule has 0 radical (unpaired) electrons. The Morgan fingerprint density at radius 2 is 1.80 bits per heavy atom. The second-order valence-corrected chi connectivity index (χ2v) is 8.06. The minimum atomic E-state index is -2.97. The van der Waals surface area contributed by atoms with Crippen LogP contribution < -0.4 is 0 Å². The highest BCUT2D eigenvalue weighted by Crippen LogP contribution is 2.65. The fourth-order valence-corrected chi connectivity index (χ4v) is 5.35.